The second-order valence-corrected chi connectivity index (χ2v) is 4.18. The Morgan fingerprint density at radius 2 is 2.38 bits per heavy atom. The Morgan fingerprint density at radius 3 is 3.06 bits per heavy atom. The lowest BCUT2D eigenvalue weighted by Gasteiger charge is -2.11. The lowest BCUT2D eigenvalue weighted by molar-refractivity contribution is -0.121. The molecule has 1 aliphatic carbocycles. The van der Waals surface area contributed by atoms with Gasteiger partial charge >= 0.3 is 0 Å². The Bertz CT molecular complexity index is 401. The van der Waals surface area contributed by atoms with Crippen LogP contribution in [0.5, 0.6) is 5.75 Å². The van der Waals surface area contributed by atoms with E-state index < -0.39 is 0 Å². The van der Waals surface area contributed by atoms with E-state index >= 15 is 0 Å². The van der Waals surface area contributed by atoms with Crippen molar-refractivity contribution in [2.24, 2.45) is 0 Å². The van der Waals surface area contributed by atoms with Crippen LogP contribution in [0.3, 0.4) is 0 Å². The topological polar surface area (TPSA) is 38.3 Å². The summed E-state index contributed by atoms with van der Waals surface area (Å²) in [6, 6.07) is 6.16. The van der Waals surface area contributed by atoms with Gasteiger partial charge in [-0.05, 0) is 42.0 Å². The zero-order valence-corrected chi connectivity index (χ0v) is 9.75. The van der Waals surface area contributed by atoms with Crippen LogP contribution in [0.25, 0.3) is 0 Å². The SMILES string of the molecule is CNC(=O)CC1CCc2ccc(OC)cc21. The first-order valence-electron chi connectivity index (χ1n) is 5.62. The fourth-order valence-corrected chi connectivity index (χ4v) is 2.33. The molecule has 0 heterocycles. The van der Waals surface area contributed by atoms with Crippen molar-refractivity contribution in [2.75, 3.05) is 14.2 Å². The Balaban J connectivity index is 2.20. The van der Waals surface area contributed by atoms with Gasteiger partial charge in [0.25, 0.3) is 0 Å². The Morgan fingerprint density at radius 1 is 1.56 bits per heavy atom. The molecular weight excluding hydrogens is 202 g/mol. The Hall–Kier alpha value is -1.51. The molecule has 1 unspecified atom stereocenters. The predicted octanol–water partition coefficient (Wildman–Crippen LogP) is 1.86. The van der Waals surface area contributed by atoms with E-state index in [1.807, 2.05) is 6.07 Å². The van der Waals surface area contributed by atoms with Crippen LogP contribution in [-0.2, 0) is 11.2 Å². The van der Waals surface area contributed by atoms with E-state index in [2.05, 4.69) is 17.4 Å². The third kappa shape index (κ3) is 2.03. The van der Waals surface area contributed by atoms with Crippen LogP contribution in [0.2, 0.25) is 0 Å². The smallest absolute Gasteiger partial charge is 0.220 e. The molecule has 3 nitrogen and oxygen atoms in total. The van der Waals surface area contributed by atoms with Crippen molar-refractivity contribution in [3.05, 3.63) is 29.3 Å². The van der Waals surface area contributed by atoms with E-state index in [0.717, 1.165) is 18.6 Å². The van der Waals surface area contributed by atoms with Crippen LogP contribution in [0.4, 0.5) is 0 Å². The maximum Gasteiger partial charge on any atom is 0.220 e. The summed E-state index contributed by atoms with van der Waals surface area (Å²) in [6.07, 6.45) is 2.72. The summed E-state index contributed by atoms with van der Waals surface area (Å²) in [5.74, 6) is 1.34. The van der Waals surface area contributed by atoms with Crippen LogP contribution in [-0.4, -0.2) is 20.1 Å². The van der Waals surface area contributed by atoms with Gasteiger partial charge in [0.2, 0.25) is 5.91 Å². The van der Waals surface area contributed by atoms with Crippen LogP contribution < -0.4 is 10.1 Å². The molecule has 1 aromatic rings. The summed E-state index contributed by atoms with van der Waals surface area (Å²) in [7, 11) is 3.36. The standard InChI is InChI=1S/C13H17NO2/c1-14-13(15)7-10-4-3-9-5-6-11(16-2)8-12(9)10/h5-6,8,10H,3-4,7H2,1-2H3,(H,14,15). The van der Waals surface area contributed by atoms with Crippen LogP contribution in [0, 0.1) is 0 Å². The van der Waals surface area contributed by atoms with Gasteiger partial charge in [-0.15, -0.1) is 0 Å². The Labute approximate surface area is 95.8 Å². The molecule has 86 valence electrons. The lowest BCUT2D eigenvalue weighted by Crippen LogP contribution is -2.19. The minimum atomic E-state index is 0.112. The number of amides is 1. The predicted molar refractivity (Wildman–Crippen MR) is 62.7 cm³/mol. The molecule has 0 fully saturated rings. The molecule has 1 atom stereocenters. The highest BCUT2D eigenvalue weighted by molar-refractivity contribution is 5.76. The van der Waals surface area contributed by atoms with Gasteiger partial charge in [0, 0.05) is 13.5 Å². The average molecular weight is 219 g/mol. The first kappa shape index (κ1) is 11.0. The van der Waals surface area contributed by atoms with Crippen molar-refractivity contribution in [3.8, 4) is 5.75 Å². The molecule has 0 saturated carbocycles. The van der Waals surface area contributed by atoms with Gasteiger partial charge in [0.1, 0.15) is 5.75 Å². The van der Waals surface area contributed by atoms with Gasteiger partial charge in [-0.25, -0.2) is 0 Å². The zero-order valence-electron chi connectivity index (χ0n) is 9.75. The number of aryl methyl sites for hydroxylation is 1. The number of benzene rings is 1. The number of nitrogens with one attached hydrogen (secondary N) is 1. The monoisotopic (exact) mass is 219 g/mol. The average Bonchev–Trinajstić information content (AvgIpc) is 2.71. The van der Waals surface area contributed by atoms with Gasteiger partial charge in [-0.1, -0.05) is 6.07 Å². The molecule has 1 amide bonds. The number of carbonyl (C=O) groups excluding carboxylic acids is 1. The molecular formula is C13H17NO2. The van der Waals surface area contributed by atoms with Crippen LogP contribution >= 0.6 is 0 Å². The Kier molecular flexibility index (Phi) is 3.13. The van der Waals surface area contributed by atoms with Gasteiger partial charge < -0.3 is 10.1 Å². The van der Waals surface area contributed by atoms with Crippen LogP contribution in [0.1, 0.15) is 29.9 Å². The summed E-state index contributed by atoms with van der Waals surface area (Å²) in [4.78, 5) is 11.4. The largest absolute Gasteiger partial charge is 0.497 e. The number of carbonyl (C=O) groups is 1. The third-order valence-corrected chi connectivity index (χ3v) is 3.27. The summed E-state index contributed by atoms with van der Waals surface area (Å²) >= 11 is 0. The van der Waals surface area contributed by atoms with Crippen molar-refractivity contribution < 1.29 is 9.53 Å². The van der Waals surface area contributed by atoms with E-state index in [1.54, 1.807) is 14.2 Å². The number of hydrogen-bond donors (Lipinski definition) is 1. The van der Waals surface area contributed by atoms with E-state index in [0.29, 0.717) is 12.3 Å². The third-order valence-electron chi connectivity index (χ3n) is 3.27. The molecule has 1 aliphatic rings. The highest BCUT2D eigenvalue weighted by Gasteiger charge is 2.24. The molecule has 0 radical (unpaired) electrons. The number of ether oxygens (including phenoxy) is 1. The molecule has 0 saturated heterocycles. The zero-order chi connectivity index (χ0) is 11.5. The molecule has 0 bridgehead atoms. The van der Waals surface area contributed by atoms with Crippen molar-refractivity contribution in [1.82, 2.24) is 5.32 Å². The second-order valence-electron chi connectivity index (χ2n) is 4.18. The fourth-order valence-electron chi connectivity index (χ4n) is 2.33. The molecule has 0 spiro atoms. The van der Waals surface area contributed by atoms with Crippen molar-refractivity contribution >= 4 is 5.91 Å². The molecule has 16 heavy (non-hydrogen) atoms. The first-order chi connectivity index (χ1) is 7.74. The van der Waals surface area contributed by atoms with E-state index in [-0.39, 0.29) is 5.91 Å². The highest BCUT2D eigenvalue weighted by atomic mass is 16.5. The molecule has 2 rings (SSSR count). The maximum absolute atomic E-state index is 11.4. The molecule has 3 heteroatoms. The minimum Gasteiger partial charge on any atom is -0.497 e. The number of methoxy groups -OCH3 is 1. The van der Waals surface area contributed by atoms with Gasteiger partial charge in [0.15, 0.2) is 0 Å². The second kappa shape index (κ2) is 4.56. The van der Waals surface area contributed by atoms with Gasteiger partial charge in [-0.2, -0.15) is 0 Å². The highest BCUT2D eigenvalue weighted by Crippen LogP contribution is 2.37. The molecule has 0 aliphatic heterocycles. The summed E-state index contributed by atoms with van der Waals surface area (Å²) in [6.45, 7) is 0. The quantitative estimate of drug-likeness (QED) is 0.842. The van der Waals surface area contributed by atoms with E-state index in [4.69, 9.17) is 4.74 Å². The first-order valence-corrected chi connectivity index (χ1v) is 5.62. The van der Waals surface area contributed by atoms with E-state index in [1.165, 1.54) is 11.1 Å². The van der Waals surface area contributed by atoms with E-state index in [9.17, 15) is 4.79 Å². The van der Waals surface area contributed by atoms with Crippen molar-refractivity contribution in [2.45, 2.75) is 25.2 Å². The van der Waals surface area contributed by atoms with Gasteiger partial charge in [-0.3, -0.25) is 4.79 Å². The maximum atomic E-state index is 11.4. The number of fused-ring (bicyclic) bond motifs is 1. The minimum absolute atomic E-state index is 0.112. The van der Waals surface area contributed by atoms with Crippen molar-refractivity contribution in [3.63, 3.8) is 0 Å². The summed E-state index contributed by atoms with van der Waals surface area (Å²) < 4.78 is 5.22. The van der Waals surface area contributed by atoms with Crippen molar-refractivity contribution in [1.29, 1.82) is 0 Å². The van der Waals surface area contributed by atoms with Crippen LogP contribution in [0.15, 0.2) is 18.2 Å². The number of hydrogen-bond acceptors (Lipinski definition) is 2. The summed E-state index contributed by atoms with van der Waals surface area (Å²) in [5.41, 5.74) is 2.64. The molecule has 1 N–H and O–H groups in total. The fraction of sp³-hybridized carbons (Fsp3) is 0.462. The molecule has 1 aromatic carbocycles. The number of rotatable bonds is 3. The lowest BCUT2D eigenvalue weighted by atomic mass is 9.97. The summed E-state index contributed by atoms with van der Waals surface area (Å²) in [5, 5.41) is 2.68. The normalized spacial score (nSPS) is 18.0. The van der Waals surface area contributed by atoms with Gasteiger partial charge in [0.05, 0.1) is 7.11 Å². The molecule has 0 aromatic heterocycles.